The van der Waals surface area contributed by atoms with E-state index in [0.29, 0.717) is 30.2 Å². The molecule has 0 saturated heterocycles. The highest BCUT2D eigenvalue weighted by atomic mass is 16.6. The molecule has 1 atom stereocenters. The van der Waals surface area contributed by atoms with E-state index < -0.39 is 0 Å². The van der Waals surface area contributed by atoms with E-state index in [-0.39, 0.29) is 11.9 Å². The fraction of sp³-hybridized carbons (Fsp3) is 0.292. The first-order chi connectivity index (χ1) is 15.5. The van der Waals surface area contributed by atoms with Crippen molar-refractivity contribution in [2.75, 3.05) is 21.2 Å². The van der Waals surface area contributed by atoms with Crippen LogP contribution in [0, 0.1) is 6.92 Å². The molecule has 0 aliphatic carbocycles. The highest BCUT2D eigenvalue weighted by Gasteiger charge is 2.35. The summed E-state index contributed by atoms with van der Waals surface area (Å²) in [4.78, 5) is 26.5. The van der Waals surface area contributed by atoms with Gasteiger partial charge in [0, 0.05) is 18.2 Å². The first-order valence-corrected chi connectivity index (χ1v) is 10.4. The van der Waals surface area contributed by atoms with Gasteiger partial charge >= 0.3 is 0 Å². The van der Waals surface area contributed by atoms with Crippen LogP contribution in [0.2, 0.25) is 0 Å². The Morgan fingerprint density at radius 2 is 1.97 bits per heavy atom. The molecule has 0 saturated carbocycles. The molecule has 0 radical (unpaired) electrons. The van der Waals surface area contributed by atoms with Crippen LogP contribution in [0.5, 0.6) is 0 Å². The monoisotopic (exact) mass is 433 g/mol. The van der Waals surface area contributed by atoms with Crippen LogP contribution in [0.15, 0.2) is 65.0 Å². The van der Waals surface area contributed by atoms with Gasteiger partial charge in [0.2, 0.25) is 5.89 Å². The summed E-state index contributed by atoms with van der Waals surface area (Å²) in [6.07, 6.45) is 2.25. The number of rotatable bonds is 7. The number of amides is 1. The number of hydrogen-bond donors (Lipinski definition) is 1. The smallest absolute Gasteiger partial charge is 0.258 e. The van der Waals surface area contributed by atoms with Crippen molar-refractivity contribution in [2.45, 2.75) is 25.9 Å². The van der Waals surface area contributed by atoms with Gasteiger partial charge in [-0.2, -0.15) is 4.98 Å². The van der Waals surface area contributed by atoms with Gasteiger partial charge < -0.3 is 14.3 Å². The fourth-order valence-electron chi connectivity index (χ4n) is 3.81. The van der Waals surface area contributed by atoms with Crippen molar-refractivity contribution in [3.8, 4) is 11.1 Å². The number of benzene rings is 2. The first-order valence-electron chi connectivity index (χ1n) is 10.4. The van der Waals surface area contributed by atoms with Crippen LogP contribution in [-0.2, 0) is 11.4 Å². The fourth-order valence-corrected chi connectivity index (χ4v) is 3.81. The molecule has 0 spiro atoms. The van der Waals surface area contributed by atoms with E-state index in [9.17, 15) is 4.79 Å². The maximum atomic E-state index is 13.4. The summed E-state index contributed by atoms with van der Waals surface area (Å²) < 4.78 is 5.38. The van der Waals surface area contributed by atoms with Gasteiger partial charge in [-0.25, -0.2) is 0 Å². The molecule has 1 aliphatic heterocycles. The summed E-state index contributed by atoms with van der Waals surface area (Å²) >= 11 is 0. The van der Waals surface area contributed by atoms with Gasteiger partial charge in [0.15, 0.2) is 5.82 Å². The minimum atomic E-state index is -0.379. The zero-order chi connectivity index (χ0) is 22.7. The second-order valence-corrected chi connectivity index (χ2v) is 8.07. The third-order valence-corrected chi connectivity index (χ3v) is 5.33. The molecule has 2 aromatic carbocycles. The molecule has 1 amide bonds. The van der Waals surface area contributed by atoms with Crippen LogP contribution in [0.1, 0.15) is 40.1 Å². The molecule has 0 bridgehead atoms. The molecule has 8 nitrogen and oxygen atoms in total. The third-order valence-electron chi connectivity index (χ3n) is 5.33. The summed E-state index contributed by atoms with van der Waals surface area (Å²) in [6, 6.07) is 15.5. The third kappa shape index (κ3) is 4.56. The van der Waals surface area contributed by atoms with E-state index in [0.717, 1.165) is 16.8 Å². The number of aryl methyl sites for hydroxylation is 1. The zero-order valence-corrected chi connectivity index (χ0v) is 18.7. The Kier molecular flexibility index (Phi) is 6.34. The number of carbonyl (C=O) groups excluding carboxylic acids is 1. The summed E-state index contributed by atoms with van der Waals surface area (Å²) in [5.41, 5.74) is 7.59. The van der Waals surface area contributed by atoms with E-state index in [4.69, 9.17) is 9.36 Å². The van der Waals surface area contributed by atoms with Crippen molar-refractivity contribution < 1.29 is 14.2 Å². The quantitative estimate of drug-likeness (QED) is 0.569. The minimum absolute atomic E-state index is 0.141. The lowest BCUT2D eigenvalue weighted by atomic mass is 9.99. The molecule has 1 aromatic heterocycles. The summed E-state index contributed by atoms with van der Waals surface area (Å²) in [5.74, 6) is 0.835. The van der Waals surface area contributed by atoms with Gasteiger partial charge in [0.25, 0.3) is 5.91 Å². The molecule has 1 N–H and O–H groups in total. The maximum Gasteiger partial charge on any atom is 0.258 e. The molecular weight excluding hydrogens is 406 g/mol. The Morgan fingerprint density at radius 3 is 2.66 bits per heavy atom. The van der Waals surface area contributed by atoms with Crippen molar-refractivity contribution in [1.82, 2.24) is 25.4 Å². The van der Waals surface area contributed by atoms with E-state index in [1.54, 1.807) is 11.1 Å². The predicted octanol–water partition coefficient (Wildman–Crippen LogP) is 3.69. The summed E-state index contributed by atoms with van der Waals surface area (Å²) in [6.45, 7) is 2.61. The lowest BCUT2D eigenvalue weighted by Crippen LogP contribution is -2.28. The van der Waals surface area contributed by atoms with Crippen molar-refractivity contribution in [1.29, 1.82) is 0 Å². The molecule has 166 valence electrons. The molecule has 2 heterocycles. The van der Waals surface area contributed by atoms with Crippen molar-refractivity contribution in [3.63, 3.8) is 0 Å². The van der Waals surface area contributed by atoms with Crippen molar-refractivity contribution in [3.05, 3.63) is 83.3 Å². The van der Waals surface area contributed by atoms with Crippen LogP contribution in [0.25, 0.3) is 11.1 Å². The van der Waals surface area contributed by atoms with Gasteiger partial charge in [-0.1, -0.05) is 41.6 Å². The Bertz CT molecular complexity index is 1120. The van der Waals surface area contributed by atoms with Crippen molar-refractivity contribution >= 4 is 5.91 Å². The highest BCUT2D eigenvalue weighted by Crippen LogP contribution is 2.34. The van der Waals surface area contributed by atoms with Gasteiger partial charge in [-0.15, -0.1) is 0 Å². The van der Waals surface area contributed by atoms with Crippen LogP contribution in [0.3, 0.4) is 0 Å². The molecule has 4 rings (SSSR count). The number of aromatic nitrogens is 2. The van der Waals surface area contributed by atoms with E-state index >= 15 is 0 Å². The Labute approximate surface area is 187 Å². The lowest BCUT2D eigenvalue weighted by molar-refractivity contribution is 0.0777. The van der Waals surface area contributed by atoms with Crippen LogP contribution in [0.4, 0.5) is 0 Å². The number of carbonyl (C=O) groups is 1. The second kappa shape index (κ2) is 9.33. The number of nitrogens with one attached hydrogen (secondary N) is 1. The topological polar surface area (TPSA) is 83.7 Å². The van der Waals surface area contributed by atoms with Gasteiger partial charge in [0.1, 0.15) is 6.04 Å². The zero-order valence-electron chi connectivity index (χ0n) is 18.7. The van der Waals surface area contributed by atoms with Crippen molar-refractivity contribution in [2.24, 2.45) is 0 Å². The van der Waals surface area contributed by atoms with Gasteiger partial charge in [-0.05, 0) is 49.8 Å². The van der Waals surface area contributed by atoms with E-state index in [1.807, 2.05) is 55.4 Å². The average molecular weight is 434 g/mol. The number of nitrogens with zero attached hydrogens (tertiary/aromatic N) is 4. The predicted molar refractivity (Wildman–Crippen MR) is 120 cm³/mol. The first kappa shape index (κ1) is 21.7. The molecule has 0 unspecified atom stereocenters. The normalized spacial score (nSPS) is 15.8. The highest BCUT2D eigenvalue weighted by molar-refractivity contribution is 5.96. The lowest BCUT2D eigenvalue weighted by Gasteiger charge is -2.21. The largest absolute Gasteiger partial charge is 0.338 e. The van der Waals surface area contributed by atoms with Crippen LogP contribution in [-0.4, -0.2) is 47.1 Å². The summed E-state index contributed by atoms with van der Waals surface area (Å²) in [7, 11) is 5.39. The summed E-state index contributed by atoms with van der Waals surface area (Å²) in [5, 5.41) is 4.13. The molecule has 0 fully saturated rings. The Morgan fingerprint density at radius 1 is 1.22 bits per heavy atom. The number of hydrogen-bond acceptors (Lipinski definition) is 7. The number of hydroxylamine groups is 1. The SMILES string of the molecule is CONC1=CN(C(=O)c2ccc(-c3ccccc3C)cc2)[C@H](c2noc(CN(C)C)n2)C1. The second-order valence-electron chi connectivity index (χ2n) is 8.07. The van der Waals surface area contributed by atoms with E-state index in [2.05, 4.69) is 34.7 Å². The average Bonchev–Trinajstić information content (AvgIpc) is 3.40. The molecule has 32 heavy (non-hydrogen) atoms. The van der Waals surface area contributed by atoms with Crippen LogP contribution < -0.4 is 5.48 Å². The van der Waals surface area contributed by atoms with Gasteiger partial charge in [-0.3, -0.25) is 15.1 Å². The molecule has 8 heteroatoms. The Balaban J connectivity index is 1.59. The minimum Gasteiger partial charge on any atom is -0.338 e. The maximum absolute atomic E-state index is 13.4. The standard InChI is InChI=1S/C24H27N5O3/c1-16-7-5-6-8-20(16)17-9-11-18(12-10-17)24(30)29-14-19(26-31-4)13-21(29)23-25-22(32-27-23)15-28(2)3/h5-12,14,21,26H,13,15H2,1-4H3/t21-/m0/s1. The molecule has 1 aliphatic rings. The van der Waals surface area contributed by atoms with Crippen LogP contribution >= 0.6 is 0 Å². The molecular formula is C24H27N5O3. The van der Waals surface area contributed by atoms with Gasteiger partial charge in [0.05, 0.1) is 19.4 Å². The Hall–Kier alpha value is -3.49. The van der Waals surface area contributed by atoms with E-state index in [1.165, 1.54) is 12.7 Å². The molecule has 3 aromatic rings.